The van der Waals surface area contributed by atoms with E-state index in [0.717, 1.165) is 6.08 Å². The van der Waals surface area contributed by atoms with Crippen molar-refractivity contribution < 1.29 is 26.9 Å². The molecular formula is C9H17ClN2O2. The Labute approximate surface area is 90.8 Å². The first-order valence-corrected chi connectivity index (χ1v) is 4.11. The van der Waals surface area contributed by atoms with Gasteiger partial charge in [0.15, 0.2) is 0 Å². The van der Waals surface area contributed by atoms with E-state index in [1.807, 2.05) is 0 Å². The number of rotatable bonds is 3. The molecule has 5 heteroatoms. The molecule has 0 aliphatic rings. The van der Waals surface area contributed by atoms with E-state index in [-0.39, 0.29) is 24.2 Å². The molecule has 0 atom stereocenters. The lowest BCUT2D eigenvalue weighted by Crippen LogP contribution is -3.11. The van der Waals surface area contributed by atoms with Crippen LogP contribution >= 0.6 is 0 Å². The van der Waals surface area contributed by atoms with E-state index in [2.05, 4.69) is 11.9 Å². The second kappa shape index (κ2) is 5.78. The highest BCUT2D eigenvalue weighted by Crippen LogP contribution is 1.99. The molecule has 0 fully saturated rings. The van der Waals surface area contributed by atoms with Gasteiger partial charge in [-0.25, -0.2) is 4.79 Å². The summed E-state index contributed by atoms with van der Waals surface area (Å²) in [5, 5.41) is 2.56. The van der Waals surface area contributed by atoms with E-state index in [4.69, 9.17) is 0 Å². The average Bonchev–Trinajstić information content (AvgIpc) is 2.01. The Kier molecular flexibility index (Phi) is 6.43. The van der Waals surface area contributed by atoms with E-state index in [9.17, 15) is 9.59 Å². The summed E-state index contributed by atoms with van der Waals surface area (Å²) in [6.45, 7) is 6.66. The minimum Gasteiger partial charge on any atom is -1.00 e. The number of halogens is 1. The first kappa shape index (κ1) is 15.6. The molecule has 0 unspecified atom stereocenters. The van der Waals surface area contributed by atoms with E-state index in [1.165, 1.54) is 0 Å². The SMILES string of the molecule is C=CC(=O)NC(C)(C)C(=O)[NH+](C)C.[Cl-]. The lowest BCUT2D eigenvalue weighted by atomic mass is 10.0. The number of carbonyl (C=O) groups excluding carboxylic acids is 2. The molecule has 14 heavy (non-hydrogen) atoms. The van der Waals surface area contributed by atoms with Gasteiger partial charge in [-0.3, -0.25) is 9.69 Å². The highest BCUT2D eigenvalue weighted by molar-refractivity contribution is 5.92. The number of hydrogen-bond donors (Lipinski definition) is 2. The molecule has 0 spiro atoms. The maximum atomic E-state index is 11.5. The Bertz CT molecular complexity index is 237. The molecule has 0 saturated carbocycles. The normalized spacial score (nSPS) is 10.4. The monoisotopic (exact) mass is 220 g/mol. The van der Waals surface area contributed by atoms with Crippen LogP contribution in [0.5, 0.6) is 0 Å². The molecule has 4 nitrogen and oxygen atoms in total. The fourth-order valence-electron chi connectivity index (χ4n) is 1.04. The van der Waals surface area contributed by atoms with Gasteiger partial charge in [0.2, 0.25) is 5.91 Å². The topological polar surface area (TPSA) is 50.6 Å². The standard InChI is InChI=1S/C9H16N2O2.ClH/c1-6-7(12)10-9(2,3)8(13)11(4)5;/h6H,1H2,2-5H3,(H,10,12);1H. The van der Waals surface area contributed by atoms with Crippen LogP contribution in [-0.2, 0) is 9.59 Å². The lowest BCUT2D eigenvalue weighted by Gasteiger charge is -2.23. The van der Waals surface area contributed by atoms with Crippen LogP contribution in [-0.4, -0.2) is 31.4 Å². The van der Waals surface area contributed by atoms with Gasteiger partial charge in [-0.1, -0.05) is 6.58 Å². The fourth-order valence-corrected chi connectivity index (χ4v) is 1.04. The zero-order valence-corrected chi connectivity index (χ0v) is 9.73. The summed E-state index contributed by atoms with van der Waals surface area (Å²) in [7, 11) is 3.45. The molecule has 2 N–H and O–H groups in total. The molecular weight excluding hydrogens is 204 g/mol. The smallest absolute Gasteiger partial charge is 0.336 e. The number of hydrogen-bond acceptors (Lipinski definition) is 2. The van der Waals surface area contributed by atoms with Crippen molar-refractivity contribution >= 4 is 11.8 Å². The Hall–Kier alpha value is -0.870. The third-order valence-electron chi connectivity index (χ3n) is 1.64. The van der Waals surface area contributed by atoms with Crippen LogP contribution in [0.3, 0.4) is 0 Å². The Morgan fingerprint density at radius 3 is 2.07 bits per heavy atom. The van der Waals surface area contributed by atoms with E-state index < -0.39 is 5.54 Å². The van der Waals surface area contributed by atoms with Crippen molar-refractivity contribution in [3.63, 3.8) is 0 Å². The van der Waals surface area contributed by atoms with Gasteiger partial charge in [0.25, 0.3) is 0 Å². The first-order valence-electron chi connectivity index (χ1n) is 4.11. The maximum absolute atomic E-state index is 11.5. The summed E-state index contributed by atoms with van der Waals surface area (Å²) < 4.78 is 0. The van der Waals surface area contributed by atoms with Gasteiger partial charge in [0.05, 0.1) is 14.1 Å². The number of quaternary nitrogens is 1. The summed E-state index contributed by atoms with van der Waals surface area (Å²) in [6, 6.07) is 0. The van der Waals surface area contributed by atoms with Gasteiger partial charge in [-0.05, 0) is 19.9 Å². The van der Waals surface area contributed by atoms with Gasteiger partial charge in [-0.2, -0.15) is 0 Å². The zero-order valence-electron chi connectivity index (χ0n) is 8.98. The van der Waals surface area contributed by atoms with Gasteiger partial charge in [0, 0.05) is 0 Å². The van der Waals surface area contributed by atoms with E-state index in [1.54, 1.807) is 27.9 Å². The van der Waals surface area contributed by atoms with Crippen LogP contribution in [0.2, 0.25) is 0 Å². The minimum atomic E-state index is -0.843. The third-order valence-corrected chi connectivity index (χ3v) is 1.64. The summed E-state index contributed by atoms with van der Waals surface area (Å²) in [5.74, 6) is -0.401. The molecule has 0 aliphatic carbocycles. The minimum absolute atomic E-state index is 0. The first-order chi connectivity index (χ1) is 5.81. The molecule has 0 saturated heterocycles. The summed E-state index contributed by atoms with van der Waals surface area (Å²) in [6.07, 6.45) is 1.15. The molecule has 0 radical (unpaired) electrons. The lowest BCUT2D eigenvalue weighted by molar-refractivity contribution is -0.777. The van der Waals surface area contributed by atoms with E-state index in [0.29, 0.717) is 4.90 Å². The zero-order chi connectivity index (χ0) is 10.6. The van der Waals surface area contributed by atoms with Crippen LogP contribution in [0.1, 0.15) is 13.8 Å². The van der Waals surface area contributed by atoms with Crippen molar-refractivity contribution in [1.82, 2.24) is 5.32 Å². The summed E-state index contributed by atoms with van der Waals surface area (Å²) in [5.41, 5.74) is -0.843. The number of nitrogens with one attached hydrogen (secondary N) is 2. The Morgan fingerprint density at radius 2 is 1.79 bits per heavy atom. The highest BCUT2D eigenvalue weighted by Gasteiger charge is 2.34. The van der Waals surface area contributed by atoms with Gasteiger partial charge in [0.1, 0.15) is 5.54 Å². The number of likely N-dealkylation sites (N-methyl/N-ethyl adjacent to an activating group) is 1. The van der Waals surface area contributed by atoms with Crippen LogP contribution in [0.4, 0.5) is 0 Å². The Balaban J connectivity index is 0. The van der Waals surface area contributed by atoms with Crippen molar-refractivity contribution in [1.29, 1.82) is 0 Å². The van der Waals surface area contributed by atoms with Crippen LogP contribution in [0.15, 0.2) is 12.7 Å². The molecule has 0 aromatic rings. The predicted molar refractivity (Wildman–Crippen MR) is 50.2 cm³/mol. The predicted octanol–water partition coefficient (Wildman–Crippen LogP) is -4.26. The van der Waals surface area contributed by atoms with Crippen molar-refractivity contribution in [3.8, 4) is 0 Å². The molecule has 0 aromatic heterocycles. The fraction of sp³-hybridized carbons (Fsp3) is 0.556. The molecule has 0 aromatic carbocycles. The van der Waals surface area contributed by atoms with Crippen LogP contribution in [0.25, 0.3) is 0 Å². The maximum Gasteiger partial charge on any atom is 0.336 e. The van der Waals surface area contributed by atoms with Crippen molar-refractivity contribution in [2.45, 2.75) is 19.4 Å². The molecule has 0 bridgehead atoms. The van der Waals surface area contributed by atoms with Crippen molar-refractivity contribution in [3.05, 3.63) is 12.7 Å². The molecule has 0 rings (SSSR count). The number of carbonyl (C=O) groups is 2. The molecule has 82 valence electrons. The Morgan fingerprint density at radius 1 is 1.36 bits per heavy atom. The second-order valence-corrected chi connectivity index (χ2v) is 3.65. The quantitative estimate of drug-likeness (QED) is 0.474. The summed E-state index contributed by atoms with van der Waals surface area (Å²) in [4.78, 5) is 23.2. The average molecular weight is 221 g/mol. The largest absolute Gasteiger partial charge is 1.00 e. The van der Waals surface area contributed by atoms with Crippen LogP contribution < -0.4 is 22.6 Å². The van der Waals surface area contributed by atoms with Crippen molar-refractivity contribution in [2.75, 3.05) is 14.1 Å². The third kappa shape index (κ3) is 4.39. The van der Waals surface area contributed by atoms with Crippen molar-refractivity contribution in [2.24, 2.45) is 0 Å². The van der Waals surface area contributed by atoms with Gasteiger partial charge in [-0.15, -0.1) is 0 Å². The van der Waals surface area contributed by atoms with Gasteiger partial charge >= 0.3 is 5.91 Å². The molecule has 0 aliphatic heterocycles. The highest BCUT2D eigenvalue weighted by atomic mass is 35.5. The molecule has 0 heterocycles. The second-order valence-electron chi connectivity index (χ2n) is 3.65. The van der Waals surface area contributed by atoms with E-state index >= 15 is 0 Å². The summed E-state index contributed by atoms with van der Waals surface area (Å²) >= 11 is 0. The molecule has 2 amide bonds. The van der Waals surface area contributed by atoms with Crippen LogP contribution in [0, 0.1) is 0 Å². The number of amides is 2. The van der Waals surface area contributed by atoms with Gasteiger partial charge < -0.3 is 17.7 Å².